The van der Waals surface area contributed by atoms with Gasteiger partial charge in [-0.05, 0) is 5.56 Å². The van der Waals surface area contributed by atoms with E-state index < -0.39 is 0 Å². The minimum absolute atomic E-state index is 0.324. The molecule has 0 unspecified atom stereocenters. The van der Waals surface area contributed by atoms with Crippen LogP contribution in [0.25, 0.3) is 0 Å². The Morgan fingerprint density at radius 2 is 2.00 bits per heavy atom. The van der Waals surface area contributed by atoms with Gasteiger partial charge in [0.2, 0.25) is 5.88 Å². The SMILES string of the molecule is c1ccc(COc2ccnc(C3COC3)n2)cc1. The van der Waals surface area contributed by atoms with E-state index in [0.717, 1.165) is 11.4 Å². The second kappa shape index (κ2) is 5.14. The molecule has 0 atom stereocenters. The standard InChI is InChI=1S/C14H14N2O2/c1-2-4-11(5-3-1)8-18-13-6-7-15-14(16-13)12-9-17-10-12/h1-7,12H,8-10H2. The van der Waals surface area contributed by atoms with Crippen LogP contribution in [-0.2, 0) is 11.3 Å². The van der Waals surface area contributed by atoms with Gasteiger partial charge >= 0.3 is 0 Å². The molecule has 1 aromatic heterocycles. The number of benzene rings is 1. The van der Waals surface area contributed by atoms with Crippen molar-refractivity contribution in [1.29, 1.82) is 0 Å². The molecule has 2 aromatic rings. The van der Waals surface area contributed by atoms with Crippen LogP contribution in [-0.4, -0.2) is 23.2 Å². The number of nitrogens with zero attached hydrogens (tertiary/aromatic N) is 2. The third-order valence-electron chi connectivity index (χ3n) is 2.88. The molecule has 0 N–H and O–H groups in total. The van der Waals surface area contributed by atoms with Crippen molar-refractivity contribution in [2.75, 3.05) is 13.2 Å². The molecule has 0 amide bonds. The van der Waals surface area contributed by atoms with Crippen LogP contribution in [0.5, 0.6) is 5.88 Å². The Morgan fingerprint density at radius 1 is 1.17 bits per heavy atom. The van der Waals surface area contributed by atoms with Crippen LogP contribution in [0.1, 0.15) is 17.3 Å². The topological polar surface area (TPSA) is 44.2 Å². The van der Waals surface area contributed by atoms with Crippen molar-refractivity contribution >= 4 is 0 Å². The van der Waals surface area contributed by atoms with Crippen molar-refractivity contribution in [2.24, 2.45) is 0 Å². The monoisotopic (exact) mass is 242 g/mol. The number of hydrogen-bond acceptors (Lipinski definition) is 4. The quantitative estimate of drug-likeness (QED) is 0.824. The van der Waals surface area contributed by atoms with Crippen LogP contribution in [0.4, 0.5) is 0 Å². The lowest BCUT2D eigenvalue weighted by atomic mass is 10.1. The van der Waals surface area contributed by atoms with Gasteiger partial charge < -0.3 is 9.47 Å². The van der Waals surface area contributed by atoms with Crippen LogP contribution >= 0.6 is 0 Å². The zero-order valence-corrected chi connectivity index (χ0v) is 9.95. The maximum absolute atomic E-state index is 5.66. The smallest absolute Gasteiger partial charge is 0.216 e. The first kappa shape index (κ1) is 11.2. The van der Waals surface area contributed by atoms with Crippen LogP contribution in [0, 0.1) is 0 Å². The van der Waals surface area contributed by atoms with Gasteiger partial charge in [-0.3, -0.25) is 0 Å². The molecule has 1 aromatic carbocycles. The lowest BCUT2D eigenvalue weighted by molar-refractivity contribution is 0.00458. The first-order chi connectivity index (χ1) is 8.92. The van der Waals surface area contributed by atoms with E-state index in [-0.39, 0.29) is 0 Å². The third-order valence-corrected chi connectivity index (χ3v) is 2.88. The van der Waals surface area contributed by atoms with Crippen LogP contribution in [0.15, 0.2) is 42.6 Å². The van der Waals surface area contributed by atoms with E-state index in [2.05, 4.69) is 9.97 Å². The molecule has 92 valence electrons. The Kier molecular flexibility index (Phi) is 3.19. The molecule has 0 bridgehead atoms. The van der Waals surface area contributed by atoms with Gasteiger partial charge in [-0.2, -0.15) is 4.98 Å². The zero-order valence-electron chi connectivity index (χ0n) is 9.95. The number of aromatic nitrogens is 2. The highest BCUT2D eigenvalue weighted by molar-refractivity contribution is 5.16. The summed E-state index contributed by atoms with van der Waals surface area (Å²) < 4.78 is 10.8. The first-order valence-corrected chi connectivity index (χ1v) is 5.99. The predicted molar refractivity (Wildman–Crippen MR) is 66.4 cm³/mol. The Bertz CT molecular complexity index is 512. The minimum atomic E-state index is 0.324. The van der Waals surface area contributed by atoms with E-state index in [1.165, 1.54) is 0 Å². The van der Waals surface area contributed by atoms with Gasteiger partial charge in [-0.25, -0.2) is 4.98 Å². The normalized spacial score (nSPS) is 15.1. The summed E-state index contributed by atoms with van der Waals surface area (Å²) in [6.07, 6.45) is 1.74. The number of ether oxygens (including phenoxy) is 2. The Labute approximate surface area is 106 Å². The summed E-state index contributed by atoms with van der Waals surface area (Å²) in [5.74, 6) is 1.76. The van der Waals surface area contributed by atoms with Crippen molar-refractivity contribution < 1.29 is 9.47 Å². The summed E-state index contributed by atoms with van der Waals surface area (Å²) in [5.41, 5.74) is 1.13. The van der Waals surface area contributed by atoms with E-state index in [0.29, 0.717) is 31.6 Å². The molecular formula is C14H14N2O2. The molecule has 0 aliphatic carbocycles. The highest BCUT2D eigenvalue weighted by Gasteiger charge is 2.23. The Hall–Kier alpha value is -1.94. The van der Waals surface area contributed by atoms with Crippen LogP contribution in [0.2, 0.25) is 0 Å². The highest BCUT2D eigenvalue weighted by Crippen LogP contribution is 2.21. The Balaban J connectivity index is 1.65. The minimum Gasteiger partial charge on any atom is -0.473 e. The summed E-state index contributed by atoms with van der Waals surface area (Å²) >= 11 is 0. The molecule has 0 saturated carbocycles. The summed E-state index contributed by atoms with van der Waals surface area (Å²) in [4.78, 5) is 8.64. The number of hydrogen-bond donors (Lipinski definition) is 0. The molecule has 3 rings (SSSR count). The van der Waals surface area contributed by atoms with E-state index in [1.807, 2.05) is 30.3 Å². The van der Waals surface area contributed by atoms with Crippen molar-refractivity contribution in [3.8, 4) is 5.88 Å². The molecule has 18 heavy (non-hydrogen) atoms. The lowest BCUT2D eigenvalue weighted by Gasteiger charge is -2.24. The number of rotatable bonds is 4. The van der Waals surface area contributed by atoms with E-state index >= 15 is 0 Å². The van der Waals surface area contributed by atoms with Gasteiger partial charge in [0.1, 0.15) is 12.4 Å². The molecule has 2 heterocycles. The molecule has 0 radical (unpaired) electrons. The summed E-state index contributed by atoms with van der Waals surface area (Å²) in [7, 11) is 0. The summed E-state index contributed by atoms with van der Waals surface area (Å²) in [5, 5.41) is 0. The van der Waals surface area contributed by atoms with Gasteiger partial charge in [-0.1, -0.05) is 30.3 Å². The molecule has 0 spiro atoms. The molecule has 4 heteroatoms. The second-order valence-electron chi connectivity index (χ2n) is 4.26. The second-order valence-corrected chi connectivity index (χ2v) is 4.26. The molecule has 4 nitrogen and oxygen atoms in total. The molecule has 1 aliphatic heterocycles. The van der Waals surface area contributed by atoms with Gasteiger partial charge in [0, 0.05) is 12.3 Å². The largest absolute Gasteiger partial charge is 0.473 e. The third kappa shape index (κ3) is 2.49. The zero-order chi connectivity index (χ0) is 12.2. The fourth-order valence-electron chi connectivity index (χ4n) is 1.75. The average molecular weight is 242 g/mol. The van der Waals surface area contributed by atoms with Crippen molar-refractivity contribution in [2.45, 2.75) is 12.5 Å². The van der Waals surface area contributed by atoms with Crippen molar-refractivity contribution in [1.82, 2.24) is 9.97 Å². The van der Waals surface area contributed by atoms with Gasteiger partial charge in [0.15, 0.2) is 0 Å². The van der Waals surface area contributed by atoms with Crippen LogP contribution in [0.3, 0.4) is 0 Å². The predicted octanol–water partition coefficient (Wildman–Crippen LogP) is 2.17. The van der Waals surface area contributed by atoms with Gasteiger partial charge in [0.25, 0.3) is 0 Å². The van der Waals surface area contributed by atoms with E-state index in [9.17, 15) is 0 Å². The van der Waals surface area contributed by atoms with Gasteiger partial charge in [-0.15, -0.1) is 0 Å². The fourth-order valence-corrected chi connectivity index (χ4v) is 1.75. The van der Waals surface area contributed by atoms with Crippen LogP contribution < -0.4 is 4.74 Å². The Morgan fingerprint density at radius 3 is 2.72 bits per heavy atom. The lowest BCUT2D eigenvalue weighted by Crippen LogP contribution is -2.27. The molecular weight excluding hydrogens is 228 g/mol. The average Bonchev–Trinajstić information content (AvgIpc) is 2.36. The maximum Gasteiger partial charge on any atom is 0.216 e. The first-order valence-electron chi connectivity index (χ1n) is 5.99. The van der Waals surface area contributed by atoms with E-state index in [1.54, 1.807) is 12.3 Å². The van der Waals surface area contributed by atoms with Crippen molar-refractivity contribution in [3.05, 3.63) is 54.0 Å². The fraction of sp³-hybridized carbons (Fsp3) is 0.286. The van der Waals surface area contributed by atoms with Crippen molar-refractivity contribution in [3.63, 3.8) is 0 Å². The summed E-state index contributed by atoms with van der Waals surface area (Å²) in [6.45, 7) is 1.95. The molecule has 1 saturated heterocycles. The van der Waals surface area contributed by atoms with E-state index in [4.69, 9.17) is 9.47 Å². The van der Waals surface area contributed by atoms with Gasteiger partial charge in [0.05, 0.1) is 19.1 Å². The summed E-state index contributed by atoms with van der Waals surface area (Å²) in [6, 6.07) is 11.8. The molecule has 1 aliphatic rings. The maximum atomic E-state index is 5.66. The highest BCUT2D eigenvalue weighted by atomic mass is 16.5. The molecule has 1 fully saturated rings.